The zero-order valence-electron chi connectivity index (χ0n) is 17.9. The molecule has 0 saturated heterocycles. The molecule has 4 rings (SSSR count). The Bertz CT molecular complexity index is 1110. The van der Waals surface area contributed by atoms with Crippen LogP contribution in [0.1, 0.15) is 47.2 Å². The number of pyridine rings is 1. The number of aliphatic hydroxyl groups is 1. The first-order valence-corrected chi connectivity index (χ1v) is 11.3. The van der Waals surface area contributed by atoms with Crippen molar-refractivity contribution in [2.45, 2.75) is 44.2 Å². The molecule has 3 aromatic rings. The van der Waals surface area contributed by atoms with E-state index in [4.69, 9.17) is 16.3 Å². The van der Waals surface area contributed by atoms with Crippen molar-refractivity contribution in [1.29, 1.82) is 0 Å². The molecule has 6 heteroatoms. The van der Waals surface area contributed by atoms with Crippen molar-refractivity contribution < 1.29 is 14.6 Å². The minimum Gasteiger partial charge on any atom is -0.488 e. The molecule has 0 spiro atoms. The Kier molecular flexibility index (Phi) is 7.08. The number of nitrogens with zero attached hydrogens (tertiary/aromatic N) is 1. The lowest BCUT2D eigenvalue weighted by atomic mass is 9.91. The highest BCUT2D eigenvalue weighted by Crippen LogP contribution is 2.34. The van der Waals surface area contributed by atoms with Crippen molar-refractivity contribution in [2.75, 3.05) is 6.61 Å². The third-order valence-electron chi connectivity index (χ3n) is 5.90. The van der Waals surface area contributed by atoms with Gasteiger partial charge in [-0.15, -0.1) is 0 Å². The Balaban J connectivity index is 1.77. The summed E-state index contributed by atoms with van der Waals surface area (Å²) in [5.74, 6) is 0.289. The molecule has 1 aliphatic carbocycles. The van der Waals surface area contributed by atoms with Gasteiger partial charge >= 0.3 is 0 Å². The van der Waals surface area contributed by atoms with Gasteiger partial charge in [-0.05, 0) is 47.9 Å². The molecule has 1 amide bonds. The molecule has 0 aliphatic heterocycles. The second-order valence-electron chi connectivity index (χ2n) is 8.16. The summed E-state index contributed by atoms with van der Waals surface area (Å²) in [6.45, 7) is 4.03. The average Bonchev–Trinajstić information content (AvgIpc) is 2.81. The topological polar surface area (TPSA) is 71.5 Å². The zero-order valence-corrected chi connectivity index (χ0v) is 18.6. The number of hydrogen-bond acceptors (Lipinski definition) is 4. The molecule has 0 unspecified atom stereocenters. The number of aliphatic hydroxyl groups excluding tert-OH is 1. The summed E-state index contributed by atoms with van der Waals surface area (Å²) in [6, 6.07) is 13.2. The molecule has 1 aliphatic rings. The number of rotatable bonds is 7. The molecule has 2 N–H and O–H groups in total. The summed E-state index contributed by atoms with van der Waals surface area (Å²) < 4.78 is 5.99. The Morgan fingerprint density at radius 3 is 2.72 bits per heavy atom. The first kappa shape index (κ1) is 22.3. The van der Waals surface area contributed by atoms with E-state index in [1.54, 1.807) is 18.3 Å². The number of fused-ring (bicyclic) bond motifs is 1. The number of amides is 1. The van der Waals surface area contributed by atoms with Gasteiger partial charge in [0.25, 0.3) is 5.91 Å². The fourth-order valence-corrected chi connectivity index (χ4v) is 4.40. The lowest BCUT2D eigenvalue weighted by molar-refractivity contribution is 0.0715. The SMILES string of the molecule is C=CCOc1c(C(=O)N[C@H]2CCCC[C@@H]2O)cc(Cc2ccc(Cl)nc2)c2ccccc12. The quantitative estimate of drug-likeness (QED) is 0.389. The van der Waals surface area contributed by atoms with Gasteiger partial charge in [0.1, 0.15) is 17.5 Å². The first-order chi connectivity index (χ1) is 15.6. The Hall–Kier alpha value is -2.89. The lowest BCUT2D eigenvalue weighted by Gasteiger charge is -2.28. The van der Waals surface area contributed by atoms with Crippen LogP contribution in [0.4, 0.5) is 0 Å². The normalized spacial score (nSPS) is 18.3. The summed E-state index contributed by atoms with van der Waals surface area (Å²) >= 11 is 5.94. The van der Waals surface area contributed by atoms with E-state index in [2.05, 4.69) is 16.9 Å². The van der Waals surface area contributed by atoms with Crippen LogP contribution in [-0.2, 0) is 6.42 Å². The highest BCUT2D eigenvalue weighted by Gasteiger charge is 2.27. The minimum absolute atomic E-state index is 0.240. The number of halogens is 1. The number of carbonyl (C=O) groups is 1. The summed E-state index contributed by atoms with van der Waals surface area (Å²) in [7, 11) is 0. The molecule has 1 heterocycles. The Morgan fingerprint density at radius 2 is 2.00 bits per heavy atom. The molecule has 1 fully saturated rings. The molecule has 0 radical (unpaired) electrons. The van der Waals surface area contributed by atoms with Gasteiger partial charge in [0.2, 0.25) is 0 Å². The van der Waals surface area contributed by atoms with Gasteiger partial charge in [-0.1, -0.05) is 67.4 Å². The molecule has 1 saturated carbocycles. The maximum Gasteiger partial charge on any atom is 0.255 e. The van der Waals surface area contributed by atoms with Gasteiger partial charge in [0, 0.05) is 11.6 Å². The van der Waals surface area contributed by atoms with Gasteiger partial charge < -0.3 is 15.2 Å². The van der Waals surface area contributed by atoms with Crippen LogP contribution in [0.3, 0.4) is 0 Å². The number of ether oxygens (including phenoxy) is 1. The second kappa shape index (κ2) is 10.2. The highest BCUT2D eigenvalue weighted by atomic mass is 35.5. The smallest absolute Gasteiger partial charge is 0.255 e. The Morgan fingerprint density at radius 1 is 1.22 bits per heavy atom. The molecule has 0 bridgehead atoms. The fraction of sp³-hybridized carbons (Fsp3) is 0.308. The van der Waals surface area contributed by atoms with Crippen LogP contribution in [0.15, 0.2) is 61.3 Å². The fourth-order valence-electron chi connectivity index (χ4n) is 4.29. The molecular formula is C26H27ClN2O3. The number of hydrogen-bond donors (Lipinski definition) is 2. The maximum atomic E-state index is 13.4. The van der Waals surface area contributed by atoms with Crippen LogP contribution < -0.4 is 10.1 Å². The van der Waals surface area contributed by atoms with E-state index in [1.807, 2.05) is 36.4 Å². The van der Waals surface area contributed by atoms with E-state index in [1.165, 1.54) is 0 Å². The molecule has 2 atom stereocenters. The standard InChI is InChI=1S/C26H27ClN2O3/c1-2-13-32-25-20-8-4-3-7-19(20)18(14-17-11-12-24(27)28-16-17)15-21(25)26(31)29-22-9-5-6-10-23(22)30/h2-4,7-8,11-12,15-16,22-23,30H,1,5-6,9-10,13-14H2,(H,29,31)/t22-,23-/m0/s1. The van der Waals surface area contributed by atoms with Gasteiger partial charge in [-0.3, -0.25) is 4.79 Å². The molecule has 2 aromatic carbocycles. The minimum atomic E-state index is -0.523. The van der Waals surface area contributed by atoms with Gasteiger partial charge in [0.15, 0.2) is 0 Å². The van der Waals surface area contributed by atoms with E-state index >= 15 is 0 Å². The molecule has 166 valence electrons. The van der Waals surface area contributed by atoms with Gasteiger partial charge in [-0.2, -0.15) is 0 Å². The van der Waals surface area contributed by atoms with Crippen LogP contribution in [0.25, 0.3) is 10.8 Å². The van der Waals surface area contributed by atoms with E-state index in [0.717, 1.165) is 41.2 Å². The van der Waals surface area contributed by atoms with Crippen LogP contribution >= 0.6 is 11.6 Å². The van der Waals surface area contributed by atoms with Crippen molar-refractivity contribution in [3.8, 4) is 5.75 Å². The summed E-state index contributed by atoms with van der Waals surface area (Å²) in [5.41, 5.74) is 2.44. The summed E-state index contributed by atoms with van der Waals surface area (Å²) in [6.07, 6.45) is 6.94. The van der Waals surface area contributed by atoms with Crippen LogP contribution in [0.5, 0.6) is 5.75 Å². The van der Waals surface area contributed by atoms with E-state index in [0.29, 0.717) is 29.3 Å². The zero-order chi connectivity index (χ0) is 22.5. The summed E-state index contributed by atoms with van der Waals surface area (Å²) in [4.78, 5) is 17.6. The highest BCUT2D eigenvalue weighted by molar-refractivity contribution is 6.29. The summed E-state index contributed by atoms with van der Waals surface area (Å²) in [5, 5.41) is 15.7. The maximum absolute atomic E-state index is 13.4. The van der Waals surface area contributed by atoms with Crippen molar-refractivity contribution in [3.05, 3.63) is 83.2 Å². The van der Waals surface area contributed by atoms with Crippen molar-refractivity contribution in [2.24, 2.45) is 0 Å². The van der Waals surface area contributed by atoms with E-state index in [9.17, 15) is 9.90 Å². The van der Waals surface area contributed by atoms with E-state index in [-0.39, 0.29) is 18.6 Å². The van der Waals surface area contributed by atoms with E-state index < -0.39 is 6.10 Å². The third kappa shape index (κ3) is 4.95. The van der Waals surface area contributed by atoms with Crippen molar-refractivity contribution >= 4 is 28.3 Å². The number of benzene rings is 2. The van der Waals surface area contributed by atoms with Crippen molar-refractivity contribution in [3.63, 3.8) is 0 Å². The first-order valence-electron chi connectivity index (χ1n) is 10.9. The predicted molar refractivity (Wildman–Crippen MR) is 127 cm³/mol. The Labute approximate surface area is 193 Å². The third-order valence-corrected chi connectivity index (χ3v) is 6.12. The largest absolute Gasteiger partial charge is 0.488 e. The lowest BCUT2D eigenvalue weighted by Crippen LogP contribution is -2.45. The number of carbonyl (C=O) groups excluding carboxylic acids is 1. The van der Waals surface area contributed by atoms with Crippen LogP contribution in [0, 0.1) is 0 Å². The number of aromatic nitrogens is 1. The number of nitrogens with one attached hydrogen (secondary N) is 1. The van der Waals surface area contributed by atoms with Crippen LogP contribution in [-0.4, -0.2) is 34.8 Å². The van der Waals surface area contributed by atoms with Crippen LogP contribution in [0.2, 0.25) is 5.15 Å². The predicted octanol–water partition coefficient (Wildman–Crippen LogP) is 5.08. The molecule has 32 heavy (non-hydrogen) atoms. The molecule has 5 nitrogen and oxygen atoms in total. The second-order valence-corrected chi connectivity index (χ2v) is 8.54. The van der Waals surface area contributed by atoms with Crippen molar-refractivity contribution in [1.82, 2.24) is 10.3 Å². The monoisotopic (exact) mass is 450 g/mol. The molecular weight excluding hydrogens is 424 g/mol. The van der Waals surface area contributed by atoms with Gasteiger partial charge in [-0.25, -0.2) is 4.98 Å². The van der Waals surface area contributed by atoms with Gasteiger partial charge in [0.05, 0.1) is 17.7 Å². The molecule has 1 aromatic heterocycles. The average molecular weight is 451 g/mol.